The van der Waals surface area contributed by atoms with Crippen LogP contribution in [0.25, 0.3) is 10.4 Å². The van der Waals surface area contributed by atoms with Crippen molar-refractivity contribution >= 4 is 27.7 Å². The number of aliphatic hydroxyl groups is 1. The highest BCUT2D eigenvalue weighted by molar-refractivity contribution is 9.10. The summed E-state index contributed by atoms with van der Waals surface area (Å²) >= 11 is 3.44. The zero-order valence-corrected chi connectivity index (χ0v) is 21.5. The molecule has 0 unspecified atom stereocenters. The Kier molecular flexibility index (Phi) is 8.45. The average Bonchev–Trinajstić information content (AvgIpc) is 3.30. The molecule has 190 valence electrons. The van der Waals surface area contributed by atoms with E-state index in [2.05, 4.69) is 26.0 Å². The summed E-state index contributed by atoms with van der Waals surface area (Å²) in [6, 6.07) is 22.1. The Morgan fingerprint density at radius 1 is 1.16 bits per heavy atom. The smallest absolute Gasteiger partial charge is 0.250 e. The second kappa shape index (κ2) is 11.9. The summed E-state index contributed by atoms with van der Waals surface area (Å²) in [5.41, 5.74) is 16.4. The Labute approximate surface area is 222 Å². The molecule has 10 heteroatoms. The number of amides is 1. The van der Waals surface area contributed by atoms with Gasteiger partial charge in [-0.1, -0.05) is 57.4 Å². The van der Waals surface area contributed by atoms with Crippen molar-refractivity contribution in [3.63, 3.8) is 0 Å². The maximum Gasteiger partial charge on any atom is 0.250 e. The molecule has 9 nitrogen and oxygen atoms in total. The summed E-state index contributed by atoms with van der Waals surface area (Å²) < 4.78 is 12.9. The number of carbonyl (C=O) groups excluding carboxylic acids is 1. The lowest BCUT2D eigenvalue weighted by atomic mass is 9.81. The molecule has 0 bridgehead atoms. The number of primary amides is 1. The number of ether oxygens (including phenoxy) is 2. The van der Waals surface area contributed by atoms with Crippen LogP contribution in [0.2, 0.25) is 0 Å². The van der Waals surface area contributed by atoms with Crippen LogP contribution in [-0.4, -0.2) is 35.7 Å². The molecule has 3 aromatic rings. The molecule has 0 fully saturated rings. The highest BCUT2D eigenvalue weighted by atomic mass is 79.9. The number of halogens is 1. The summed E-state index contributed by atoms with van der Waals surface area (Å²) in [5, 5.41) is 12.7. The number of nitrogens with zero attached hydrogens (tertiary/aromatic N) is 4. The largest absolute Gasteiger partial charge is 0.494 e. The maximum absolute atomic E-state index is 13.2. The van der Waals surface area contributed by atoms with Gasteiger partial charge in [0.15, 0.2) is 11.6 Å². The molecule has 4 rings (SSSR count). The van der Waals surface area contributed by atoms with E-state index in [0.717, 1.165) is 15.6 Å². The van der Waals surface area contributed by atoms with Gasteiger partial charge in [0.05, 0.1) is 13.2 Å². The number of azide groups is 1. The minimum atomic E-state index is -1.44. The molecule has 1 aliphatic rings. The number of nitrogens with two attached hydrogens (primary N) is 1. The number of carbonyl (C=O) groups is 1. The number of rotatable bonds is 11. The standard InChI is InChI=1S/C27H26BrN5O4/c28-21-10-6-18(7-11-21)16-27(26(29)35)24(23-5-2-1-4-20(23)17-31-33-30)37-25(32-27)19-8-12-22(13-9-19)36-15-3-14-34/h1-2,4-13,24,34H,3,14-17H2,(H2,29,35)/t24-,27-/m1/s1. The van der Waals surface area contributed by atoms with Crippen LogP contribution >= 0.6 is 15.9 Å². The van der Waals surface area contributed by atoms with E-state index in [0.29, 0.717) is 29.9 Å². The van der Waals surface area contributed by atoms with Crippen LogP contribution in [0.1, 0.15) is 34.8 Å². The van der Waals surface area contributed by atoms with E-state index in [1.54, 1.807) is 24.3 Å². The summed E-state index contributed by atoms with van der Waals surface area (Å²) in [6.45, 7) is 0.545. The summed E-state index contributed by atoms with van der Waals surface area (Å²) in [4.78, 5) is 20.9. The topological polar surface area (TPSA) is 143 Å². The third-order valence-corrected chi connectivity index (χ3v) is 6.62. The van der Waals surface area contributed by atoms with Crippen LogP contribution in [0.3, 0.4) is 0 Å². The minimum absolute atomic E-state index is 0.0544. The number of benzene rings is 3. The molecule has 0 aliphatic carbocycles. The molecule has 1 amide bonds. The Balaban J connectivity index is 1.77. The van der Waals surface area contributed by atoms with E-state index < -0.39 is 17.6 Å². The van der Waals surface area contributed by atoms with Crippen LogP contribution in [0.15, 0.2) is 87.4 Å². The lowest BCUT2D eigenvalue weighted by Gasteiger charge is -2.30. The molecule has 0 spiro atoms. The van der Waals surface area contributed by atoms with Gasteiger partial charge in [-0.2, -0.15) is 0 Å². The van der Waals surface area contributed by atoms with E-state index in [9.17, 15) is 4.79 Å². The van der Waals surface area contributed by atoms with Crippen molar-refractivity contribution < 1.29 is 19.4 Å². The van der Waals surface area contributed by atoms with Gasteiger partial charge in [-0.3, -0.25) is 4.79 Å². The molecule has 0 saturated carbocycles. The van der Waals surface area contributed by atoms with Gasteiger partial charge in [0, 0.05) is 34.4 Å². The van der Waals surface area contributed by atoms with E-state index in [1.165, 1.54) is 0 Å². The lowest BCUT2D eigenvalue weighted by Crippen LogP contribution is -2.47. The van der Waals surface area contributed by atoms with Crippen molar-refractivity contribution in [2.24, 2.45) is 15.8 Å². The van der Waals surface area contributed by atoms with Crippen molar-refractivity contribution in [1.82, 2.24) is 0 Å². The van der Waals surface area contributed by atoms with Crippen molar-refractivity contribution in [3.05, 3.63) is 110 Å². The fraction of sp³-hybridized carbons (Fsp3) is 0.259. The third kappa shape index (κ3) is 5.94. The Morgan fingerprint density at radius 3 is 2.57 bits per heavy atom. The van der Waals surface area contributed by atoms with Gasteiger partial charge in [0.2, 0.25) is 11.8 Å². The molecule has 3 N–H and O–H groups in total. The number of aliphatic hydroxyl groups excluding tert-OH is 1. The minimum Gasteiger partial charge on any atom is -0.494 e. The fourth-order valence-electron chi connectivity index (χ4n) is 4.24. The normalized spacial score (nSPS) is 18.4. The van der Waals surface area contributed by atoms with E-state index >= 15 is 0 Å². The van der Waals surface area contributed by atoms with E-state index in [1.807, 2.05) is 48.5 Å². The van der Waals surface area contributed by atoms with E-state index in [-0.39, 0.29) is 25.5 Å². The number of hydrogen-bond donors (Lipinski definition) is 2. The zero-order chi connectivity index (χ0) is 26.3. The zero-order valence-electron chi connectivity index (χ0n) is 20.0. The second-order valence-electron chi connectivity index (χ2n) is 8.54. The van der Waals surface area contributed by atoms with Gasteiger partial charge < -0.3 is 20.3 Å². The molecule has 1 heterocycles. The molecule has 0 aromatic heterocycles. The van der Waals surface area contributed by atoms with Crippen molar-refractivity contribution in [2.45, 2.75) is 31.0 Å². The Bertz CT molecular complexity index is 1320. The van der Waals surface area contributed by atoms with Gasteiger partial charge >= 0.3 is 0 Å². The first kappa shape index (κ1) is 26.2. The quantitative estimate of drug-likeness (QED) is 0.146. The molecule has 1 aliphatic heterocycles. The number of hydrogen-bond acceptors (Lipinski definition) is 6. The summed E-state index contributed by atoms with van der Waals surface area (Å²) in [7, 11) is 0. The lowest BCUT2D eigenvalue weighted by molar-refractivity contribution is -0.125. The predicted octanol–water partition coefficient (Wildman–Crippen LogP) is 5.01. The van der Waals surface area contributed by atoms with Crippen LogP contribution < -0.4 is 10.5 Å². The third-order valence-electron chi connectivity index (χ3n) is 6.09. The molecule has 0 radical (unpaired) electrons. The van der Waals surface area contributed by atoms with Crippen molar-refractivity contribution in [2.75, 3.05) is 13.2 Å². The molecule has 2 atom stereocenters. The second-order valence-corrected chi connectivity index (χ2v) is 9.46. The summed E-state index contributed by atoms with van der Waals surface area (Å²) in [5.74, 6) is 0.294. The fourth-order valence-corrected chi connectivity index (χ4v) is 4.50. The molecular weight excluding hydrogens is 538 g/mol. The molecule has 3 aromatic carbocycles. The van der Waals surface area contributed by atoms with Crippen LogP contribution in [0, 0.1) is 0 Å². The Morgan fingerprint density at radius 2 is 1.89 bits per heavy atom. The van der Waals surface area contributed by atoms with Crippen LogP contribution in [0.4, 0.5) is 0 Å². The van der Waals surface area contributed by atoms with Gasteiger partial charge in [-0.25, -0.2) is 4.99 Å². The number of aliphatic imine (C=N–C) groups is 1. The van der Waals surface area contributed by atoms with Gasteiger partial charge in [0.1, 0.15) is 5.75 Å². The first-order valence-corrected chi connectivity index (χ1v) is 12.5. The Hall–Kier alpha value is -3.85. The average molecular weight is 564 g/mol. The monoisotopic (exact) mass is 563 g/mol. The molecule has 37 heavy (non-hydrogen) atoms. The highest BCUT2D eigenvalue weighted by Crippen LogP contribution is 2.43. The van der Waals surface area contributed by atoms with Crippen molar-refractivity contribution in [3.8, 4) is 5.75 Å². The SMILES string of the molecule is [N-]=[N+]=NCc1ccccc1[C@H]1OC(c2ccc(OCCCO)cc2)=N[C@@]1(Cc1ccc(Br)cc1)C(N)=O. The first-order chi connectivity index (χ1) is 18.0. The predicted molar refractivity (Wildman–Crippen MR) is 143 cm³/mol. The molecule has 0 saturated heterocycles. The molecular formula is C27H26BrN5O4. The van der Waals surface area contributed by atoms with Gasteiger partial charge in [-0.15, -0.1) is 0 Å². The van der Waals surface area contributed by atoms with Gasteiger partial charge in [0.25, 0.3) is 0 Å². The van der Waals surface area contributed by atoms with Gasteiger partial charge in [-0.05, 0) is 58.6 Å². The van der Waals surface area contributed by atoms with Crippen molar-refractivity contribution in [1.29, 1.82) is 0 Å². The summed E-state index contributed by atoms with van der Waals surface area (Å²) in [6.07, 6.45) is -0.0950. The van der Waals surface area contributed by atoms with Crippen LogP contribution in [0.5, 0.6) is 5.75 Å². The maximum atomic E-state index is 13.2. The highest BCUT2D eigenvalue weighted by Gasteiger charge is 2.52. The van der Waals surface area contributed by atoms with E-state index in [4.69, 9.17) is 30.8 Å². The first-order valence-electron chi connectivity index (χ1n) is 11.7. The van der Waals surface area contributed by atoms with Crippen LogP contribution in [-0.2, 0) is 22.5 Å².